The summed E-state index contributed by atoms with van der Waals surface area (Å²) in [5.74, 6) is -0.747. The zero-order valence-corrected chi connectivity index (χ0v) is 12.4. The molecule has 0 bridgehead atoms. The van der Waals surface area contributed by atoms with E-state index in [1.807, 2.05) is 6.07 Å². The van der Waals surface area contributed by atoms with Gasteiger partial charge in [0.1, 0.15) is 5.82 Å². The number of hydrogen-bond donors (Lipinski definition) is 2. The molecule has 0 fully saturated rings. The smallest absolute Gasteiger partial charge is 0.356 e. The lowest BCUT2D eigenvalue weighted by molar-refractivity contribution is 0.0688. The zero-order valence-electron chi connectivity index (χ0n) is 10.0. The summed E-state index contributed by atoms with van der Waals surface area (Å²) in [6, 6.07) is 5.43. The average molecular weight is 345 g/mol. The second kappa shape index (κ2) is 5.22. The Morgan fingerprint density at radius 1 is 1.53 bits per heavy atom. The number of halogens is 2. The summed E-state index contributed by atoms with van der Waals surface area (Å²) in [4.78, 5) is 11.0. The lowest BCUT2D eigenvalue weighted by Crippen LogP contribution is -2.07. The van der Waals surface area contributed by atoms with Gasteiger partial charge in [-0.25, -0.2) is 9.48 Å². The predicted octanol–water partition coefficient (Wildman–Crippen LogP) is 2.94. The van der Waals surface area contributed by atoms with Crippen LogP contribution in [-0.2, 0) is 6.54 Å². The molecular weight excluding hydrogens is 334 g/mol. The van der Waals surface area contributed by atoms with Crippen LogP contribution in [-0.4, -0.2) is 20.9 Å². The van der Waals surface area contributed by atoms with Crippen molar-refractivity contribution in [1.82, 2.24) is 9.78 Å². The van der Waals surface area contributed by atoms with Crippen LogP contribution in [0.3, 0.4) is 0 Å². The molecule has 0 spiro atoms. The second-order valence-electron chi connectivity index (χ2n) is 4.10. The molecule has 2 rings (SSSR count). The van der Waals surface area contributed by atoms with Crippen molar-refractivity contribution in [3.8, 4) is 0 Å². The highest BCUT2D eigenvalue weighted by atomic mass is 79.9. The Hall–Kier alpha value is -1.53. The Morgan fingerprint density at radius 3 is 2.74 bits per heavy atom. The lowest BCUT2D eigenvalue weighted by Gasteiger charge is -2.06. The second-order valence-corrected chi connectivity index (χ2v) is 5.45. The molecule has 3 N–H and O–H groups in total. The van der Waals surface area contributed by atoms with Crippen LogP contribution in [0, 0.1) is 6.92 Å². The number of rotatable bonds is 3. The Morgan fingerprint density at radius 2 is 2.21 bits per heavy atom. The van der Waals surface area contributed by atoms with Crippen LogP contribution in [0.15, 0.2) is 22.7 Å². The number of anilines is 1. The average Bonchev–Trinajstić information content (AvgIpc) is 2.56. The van der Waals surface area contributed by atoms with E-state index in [0.29, 0.717) is 22.9 Å². The van der Waals surface area contributed by atoms with Gasteiger partial charge in [0.25, 0.3) is 0 Å². The maximum absolute atomic E-state index is 11.0. The molecule has 2 aromatic rings. The van der Waals surface area contributed by atoms with Crippen LogP contribution in [0.25, 0.3) is 0 Å². The monoisotopic (exact) mass is 343 g/mol. The van der Waals surface area contributed by atoms with Crippen molar-refractivity contribution in [1.29, 1.82) is 0 Å². The number of aromatic carboxylic acids is 1. The standard InChI is InChI=1S/C12H11BrClN3O2/c1-6-10(12(18)19)16-17(11(6)15)5-7-2-8(13)4-9(14)3-7/h2-4H,5,15H2,1H3,(H,18,19). The maximum atomic E-state index is 11.0. The minimum absolute atomic E-state index is 0.0291. The molecule has 0 aliphatic heterocycles. The van der Waals surface area contributed by atoms with Gasteiger partial charge in [0.2, 0.25) is 0 Å². The highest BCUT2D eigenvalue weighted by molar-refractivity contribution is 9.10. The molecule has 1 heterocycles. The van der Waals surface area contributed by atoms with Crippen LogP contribution >= 0.6 is 27.5 Å². The highest BCUT2D eigenvalue weighted by Gasteiger charge is 2.17. The van der Waals surface area contributed by atoms with Crippen molar-refractivity contribution in [2.24, 2.45) is 0 Å². The van der Waals surface area contributed by atoms with Gasteiger partial charge in [0, 0.05) is 15.1 Å². The summed E-state index contributed by atoms with van der Waals surface area (Å²) in [6.07, 6.45) is 0. The predicted molar refractivity (Wildman–Crippen MR) is 76.6 cm³/mol. The fourth-order valence-electron chi connectivity index (χ4n) is 1.76. The Labute approximate surface area is 123 Å². The minimum atomic E-state index is -1.09. The molecule has 0 radical (unpaired) electrons. The van der Waals surface area contributed by atoms with E-state index >= 15 is 0 Å². The summed E-state index contributed by atoms with van der Waals surface area (Å²) < 4.78 is 2.30. The van der Waals surface area contributed by atoms with Gasteiger partial charge in [0.05, 0.1) is 6.54 Å². The van der Waals surface area contributed by atoms with Crippen LogP contribution < -0.4 is 5.73 Å². The summed E-state index contributed by atoms with van der Waals surface area (Å²) in [5, 5.41) is 13.6. The van der Waals surface area contributed by atoms with E-state index in [4.69, 9.17) is 22.4 Å². The summed E-state index contributed by atoms with van der Waals surface area (Å²) >= 11 is 9.31. The van der Waals surface area contributed by atoms with E-state index in [0.717, 1.165) is 10.0 Å². The number of nitrogen functional groups attached to an aromatic ring is 1. The summed E-state index contributed by atoms with van der Waals surface area (Å²) in [5.41, 5.74) is 7.17. The third-order valence-electron chi connectivity index (χ3n) is 2.70. The van der Waals surface area contributed by atoms with Gasteiger partial charge in [-0.1, -0.05) is 27.5 Å². The van der Waals surface area contributed by atoms with Crippen LogP contribution in [0.5, 0.6) is 0 Å². The number of nitrogens with zero attached hydrogens (tertiary/aromatic N) is 2. The molecule has 0 atom stereocenters. The van der Waals surface area contributed by atoms with Gasteiger partial charge in [-0.05, 0) is 30.7 Å². The number of carboxylic acids is 1. The molecule has 100 valence electrons. The highest BCUT2D eigenvalue weighted by Crippen LogP contribution is 2.22. The Bertz CT molecular complexity index is 634. The summed E-state index contributed by atoms with van der Waals surface area (Å²) in [7, 11) is 0. The molecule has 19 heavy (non-hydrogen) atoms. The zero-order chi connectivity index (χ0) is 14.2. The van der Waals surface area contributed by atoms with E-state index in [-0.39, 0.29) is 5.69 Å². The molecule has 1 aromatic heterocycles. The molecule has 7 heteroatoms. The first-order valence-electron chi connectivity index (χ1n) is 5.39. The first-order chi connectivity index (χ1) is 8.88. The largest absolute Gasteiger partial charge is 0.476 e. The minimum Gasteiger partial charge on any atom is -0.476 e. The van der Waals surface area contributed by atoms with Crippen molar-refractivity contribution >= 4 is 39.3 Å². The van der Waals surface area contributed by atoms with E-state index < -0.39 is 5.97 Å². The van der Waals surface area contributed by atoms with Gasteiger partial charge < -0.3 is 10.8 Å². The molecule has 5 nitrogen and oxygen atoms in total. The maximum Gasteiger partial charge on any atom is 0.356 e. The SMILES string of the molecule is Cc1c(C(=O)O)nn(Cc2cc(Cl)cc(Br)c2)c1N. The molecule has 0 saturated heterocycles. The van der Waals surface area contributed by atoms with Crippen molar-refractivity contribution in [2.75, 3.05) is 5.73 Å². The van der Waals surface area contributed by atoms with E-state index in [1.54, 1.807) is 19.1 Å². The summed E-state index contributed by atoms with van der Waals surface area (Å²) in [6.45, 7) is 2.00. The van der Waals surface area contributed by atoms with E-state index in [1.165, 1.54) is 4.68 Å². The molecule has 1 aromatic carbocycles. The van der Waals surface area contributed by atoms with Crippen LogP contribution in [0.4, 0.5) is 5.82 Å². The molecule has 0 saturated carbocycles. The quantitative estimate of drug-likeness (QED) is 0.897. The van der Waals surface area contributed by atoms with E-state index in [2.05, 4.69) is 21.0 Å². The Kier molecular flexibility index (Phi) is 3.82. The molecular formula is C12H11BrClN3O2. The third kappa shape index (κ3) is 2.90. The van der Waals surface area contributed by atoms with Gasteiger partial charge >= 0.3 is 5.97 Å². The van der Waals surface area contributed by atoms with E-state index in [9.17, 15) is 4.79 Å². The lowest BCUT2D eigenvalue weighted by atomic mass is 10.2. The van der Waals surface area contributed by atoms with Gasteiger partial charge in [-0.2, -0.15) is 5.10 Å². The molecule has 0 amide bonds. The number of nitrogens with two attached hydrogens (primary N) is 1. The topological polar surface area (TPSA) is 81.1 Å². The van der Waals surface area contributed by atoms with Gasteiger partial charge in [-0.15, -0.1) is 0 Å². The normalized spacial score (nSPS) is 10.7. The fraction of sp³-hybridized carbons (Fsp3) is 0.167. The number of benzene rings is 1. The number of carbonyl (C=O) groups is 1. The molecule has 0 aliphatic rings. The Balaban J connectivity index is 2.38. The number of aromatic nitrogens is 2. The van der Waals surface area contributed by atoms with Crippen LogP contribution in [0.1, 0.15) is 21.6 Å². The number of hydrogen-bond acceptors (Lipinski definition) is 3. The molecule has 0 unspecified atom stereocenters. The van der Waals surface area contributed by atoms with Crippen molar-refractivity contribution in [3.05, 3.63) is 44.5 Å². The fourth-order valence-corrected chi connectivity index (χ4v) is 2.69. The number of carboxylic acid groups (broad SMARTS) is 1. The van der Waals surface area contributed by atoms with Crippen molar-refractivity contribution < 1.29 is 9.90 Å². The van der Waals surface area contributed by atoms with Crippen molar-refractivity contribution in [2.45, 2.75) is 13.5 Å². The third-order valence-corrected chi connectivity index (χ3v) is 3.37. The van der Waals surface area contributed by atoms with Gasteiger partial charge in [0.15, 0.2) is 5.69 Å². The van der Waals surface area contributed by atoms with Crippen LogP contribution in [0.2, 0.25) is 5.02 Å². The molecule has 0 aliphatic carbocycles. The first kappa shape index (κ1) is 13.9. The van der Waals surface area contributed by atoms with Crippen molar-refractivity contribution in [3.63, 3.8) is 0 Å². The first-order valence-corrected chi connectivity index (χ1v) is 6.56. The van der Waals surface area contributed by atoms with Gasteiger partial charge in [-0.3, -0.25) is 0 Å².